The first-order valence-electron chi connectivity index (χ1n) is 28.0. The van der Waals surface area contributed by atoms with E-state index < -0.39 is 10.8 Å². The van der Waals surface area contributed by atoms with Gasteiger partial charge in [0.25, 0.3) is 0 Å². The van der Waals surface area contributed by atoms with Gasteiger partial charge in [0.2, 0.25) is 0 Å². The van der Waals surface area contributed by atoms with Gasteiger partial charge in [0, 0.05) is 33.5 Å². The predicted octanol–water partition coefficient (Wildman–Crippen LogP) is 11.8. The van der Waals surface area contributed by atoms with Crippen molar-refractivity contribution in [3.63, 3.8) is 0 Å². The molecule has 2 saturated carbocycles. The van der Waals surface area contributed by atoms with E-state index in [-0.39, 0.29) is 78.2 Å². The van der Waals surface area contributed by atoms with Crippen LogP contribution in [0.15, 0.2) is 24.3 Å². The summed E-state index contributed by atoms with van der Waals surface area (Å²) in [7, 11) is 3.16. The monoisotopic (exact) mass is 1020 g/mol. The molecule has 6 rings (SSSR count). The minimum absolute atomic E-state index is 0.0933. The van der Waals surface area contributed by atoms with Crippen molar-refractivity contribution in [1.82, 2.24) is 0 Å². The van der Waals surface area contributed by atoms with Crippen LogP contribution in [0.1, 0.15) is 237 Å². The predicted molar refractivity (Wildman–Crippen MR) is 287 cm³/mol. The summed E-state index contributed by atoms with van der Waals surface area (Å²) in [5.74, 6) is 0.0595. The van der Waals surface area contributed by atoms with E-state index in [2.05, 4.69) is 86.6 Å². The van der Waals surface area contributed by atoms with Crippen LogP contribution in [0, 0.1) is 22.7 Å². The highest BCUT2D eigenvalue weighted by molar-refractivity contribution is 5.93. The van der Waals surface area contributed by atoms with E-state index >= 15 is 0 Å². The average Bonchev–Trinajstić information content (AvgIpc) is 3.37. The molecule has 4 aliphatic rings. The lowest BCUT2D eigenvalue weighted by molar-refractivity contribution is -0.164. The van der Waals surface area contributed by atoms with Gasteiger partial charge in [-0.15, -0.1) is 0 Å². The number of carbonyl (C=O) groups is 4. The van der Waals surface area contributed by atoms with Crippen molar-refractivity contribution in [3.8, 4) is 0 Å². The standard InChI is InChI=1S/C29H44O6.C27H40O4.C5H12O2/c1-20(2)22-18-21-10-11-25-28(3,24(21)19-23(22)26(32)34-16-7-5-14-30)12-9-13-29(25,4)27(33)35-17-8-6-15-31;1-7-8-9-15-31-24(28)21-17-22-19(16-20(21)18(2)3)11-12-23-26(22,4)13-10-14-27(23,5)25(29)30-6;1-7-5-3-2-4-6/h18-20,25,30-31H,5-17H2,1-4H3;16-18,23H,7-15H2,1-6H3;6H,2-5H2,1H3. The highest BCUT2D eigenvalue weighted by Crippen LogP contribution is 2.59. The molecule has 0 bridgehead atoms. The van der Waals surface area contributed by atoms with Gasteiger partial charge in [0.15, 0.2) is 0 Å². The Hall–Kier alpha value is -3.84. The maximum Gasteiger partial charge on any atom is 0.338 e. The molecule has 73 heavy (non-hydrogen) atoms. The second-order valence-corrected chi connectivity index (χ2v) is 23.0. The lowest BCUT2D eigenvalue weighted by Gasteiger charge is -2.54. The number of benzene rings is 2. The Labute approximate surface area is 439 Å². The van der Waals surface area contributed by atoms with Gasteiger partial charge < -0.3 is 39.0 Å². The van der Waals surface area contributed by atoms with Gasteiger partial charge in [-0.25, -0.2) is 9.59 Å². The maximum absolute atomic E-state index is 13.3. The van der Waals surface area contributed by atoms with E-state index in [0.717, 1.165) is 114 Å². The van der Waals surface area contributed by atoms with Crippen molar-refractivity contribution in [3.05, 3.63) is 68.8 Å². The Morgan fingerprint density at radius 3 is 1.33 bits per heavy atom. The molecule has 0 saturated heterocycles. The molecule has 0 radical (unpaired) electrons. The summed E-state index contributed by atoms with van der Waals surface area (Å²) >= 11 is 0. The zero-order chi connectivity index (χ0) is 54.0. The molecule has 0 aromatic heterocycles. The third kappa shape index (κ3) is 14.8. The SMILES string of the molecule is CC(C)c1cc2c(cc1C(=O)OCCCCO)C1(C)CCCC(C)(C(=O)OCCCCO)C1CC2.CCCCCOC(=O)c1cc2c(cc1C(C)C)CCC1C(C)(C(=O)OC)CCCC21C.COCCCCO. The van der Waals surface area contributed by atoms with Gasteiger partial charge >= 0.3 is 23.9 Å². The van der Waals surface area contributed by atoms with E-state index in [1.54, 1.807) is 7.11 Å². The maximum atomic E-state index is 13.3. The third-order valence-electron chi connectivity index (χ3n) is 17.2. The summed E-state index contributed by atoms with van der Waals surface area (Å²) in [5.41, 5.74) is 7.07. The van der Waals surface area contributed by atoms with Gasteiger partial charge in [0.05, 0.1) is 48.9 Å². The molecule has 12 heteroatoms. The number of unbranched alkanes of at least 4 members (excludes halogenated alkanes) is 5. The smallest absolute Gasteiger partial charge is 0.338 e. The van der Waals surface area contributed by atoms with E-state index in [0.29, 0.717) is 56.6 Å². The summed E-state index contributed by atoms with van der Waals surface area (Å²) in [6, 6.07) is 8.62. The number of fused-ring (bicyclic) bond motifs is 6. The first-order valence-corrected chi connectivity index (χ1v) is 28.0. The van der Waals surface area contributed by atoms with Crippen molar-refractivity contribution in [1.29, 1.82) is 0 Å². The number of aryl methyl sites for hydroxylation is 2. The fourth-order valence-corrected chi connectivity index (χ4v) is 13.1. The summed E-state index contributed by atoms with van der Waals surface area (Å²) in [6.07, 6.45) is 16.8. The van der Waals surface area contributed by atoms with Gasteiger partial charge in [-0.3, -0.25) is 9.59 Å². The third-order valence-corrected chi connectivity index (χ3v) is 17.2. The average molecular weight is 1020 g/mol. The van der Waals surface area contributed by atoms with Crippen LogP contribution in [0.5, 0.6) is 0 Å². The number of carbonyl (C=O) groups excluding carboxylic acids is 4. The Morgan fingerprint density at radius 1 is 0.548 bits per heavy atom. The zero-order valence-corrected chi connectivity index (χ0v) is 47.0. The van der Waals surface area contributed by atoms with Crippen LogP contribution in [-0.2, 0) is 56.9 Å². The Morgan fingerprint density at radius 2 is 0.945 bits per heavy atom. The molecule has 412 valence electrons. The second-order valence-electron chi connectivity index (χ2n) is 23.0. The fourth-order valence-electron chi connectivity index (χ4n) is 13.1. The van der Waals surface area contributed by atoms with Crippen LogP contribution in [0.3, 0.4) is 0 Å². The minimum Gasteiger partial charge on any atom is -0.469 e. The summed E-state index contributed by atoms with van der Waals surface area (Å²) in [6.45, 7) is 21.7. The Kier molecular flexibility index (Phi) is 24.4. The highest BCUT2D eigenvalue weighted by atomic mass is 16.5. The van der Waals surface area contributed by atoms with Crippen molar-refractivity contribution in [2.75, 3.05) is 60.5 Å². The van der Waals surface area contributed by atoms with Crippen LogP contribution in [-0.4, -0.2) is 99.7 Å². The van der Waals surface area contributed by atoms with Gasteiger partial charge in [0.1, 0.15) is 0 Å². The largest absolute Gasteiger partial charge is 0.469 e. The molecule has 4 aliphatic carbocycles. The van der Waals surface area contributed by atoms with Gasteiger partial charge in [-0.2, -0.15) is 0 Å². The Bertz CT molecular complexity index is 2090. The topological polar surface area (TPSA) is 175 Å². The number of esters is 4. The lowest BCUT2D eigenvalue weighted by Crippen LogP contribution is -2.53. The molecular formula is C61H96O12. The normalized spacial score (nSPS) is 24.8. The molecule has 6 atom stereocenters. The number of aliphatic hydroxyl groups excluding tert-OH is 3. The van der Waals surface area contributed by atoms with Crippen molar-refractivity contribution < 1.29 is 58.2 Å². The van der Waals surface area contributed by atoms with Crippen LogP contribution in [0.4, 0.5) is 0 Å². The molecule has 0 aliphatic heterocycles. The molecular weight excluding hydrogens is 925 g/mol. The van der Waals surface area contributed by atoms with Gasteiger partial charge in [-0.05, 0) is 190 Å². The number of aliphatic hydroxyl groups is 3. The summed E-state index contributed by atoms with van der Waals surface area (Å²) in [4.78, 5) is 52.3. The van der Waals surface area contributed by atoms with Crippen molar-refractivity contribution >= 4 is 23.9 Å². The highest BCUT2D eigenvalue weighted by Gasteiger charge is 2.57. The van der Waals surface area contributed by atoms with Crippen molar-refractivity contribution in [2.24, 2.45) is 22.7 Å². The van der Waals surface area contributed by atoms with E-state index in [9.17, 15) is 19.2 Å². The first kappa shape index (κ1) is 61.7. The van der Waals surface area contributed by atoms with E-state index in [4.69, 9.17) is 39.0 Å². The number of hydrogen-bond acceptors (Lipinski definition) is 12. The van der Waals surface area contributed by atoms with Crippen LogP contribution >= 0.6 is 0 Å². The molecule has 0 amide bonds. The molecule has 2 aromatic carbocycles. The van der Waals surface area contributed by atoms with Crippen LogP contribution in [0.25, 0.3) is 0 Å². The van der Waals surface area contributed by atoms with Crippen LogP contribution in [0.2, 0.25) is 0 Å². The van der Waals surface area contributed by atoms with Crippen molar-refractivity contribution in [2.45, 2.75) is 207 Å². The number of rotatable bonds is 22. The van der Waals surface area contributed by atoms with E-state index in [1.165, 1.54) is 29.4 Å². The second kappa shape index (κ2) is 28.9. The summed E-state index contributed by atoms with van der Waals surface area (Å²) in [5, 5.41) is 26.3. The zero-order valence-electron chi connectivity index (χ0n) is 47.0. The number of ether oxygens (including phenoxy) is 5. The summed E-state index contributed by atoms with van der Waals surface area (Å²) < 4.78 is 26.9. The molecule has 6 unspecified atom stereocenters. The molecule has 0 spiro atoms. The number of hydrogen-bond donors (Lipinski definition) is 3. The fraction of sp³-hybridized carbons (Fsp3) is 0.738. The molecule has 2 fully saturated rings. The minimum atomic E-state index is -0.564. The molecule has 0 heterocycles. The van der Waals surface area contributed by atoms with Crippen LogP contribution < -0.4 is 0 Å². The number of methoxy groups -OCH3 is 2. The lowest BCUT2D eigenvalue weighted by atomic mass is 9.49. The quantitative estimate of drug-likeness (QED) is 0.0579. The molecule has 3 N–H and O–H groups in total. The first-order chi connectivity index (χ1) is 34.8. The Balaban J connectivity index is 0.000000281. The molecule has 2 aromatic rings. The van der Waals surface area contributed by atoms with E-state index in [1.807, 2.05) is 0 Å². The van der Waals surface area contributed by atoms with Gasteiger partial charge in [-0.1, -0.05) is 86.3 Å². The molecule has 12 nitrogen and oxygen atoms in total.